The highest BCUT2D eigenvalue weighted by molar-refractivity contribution is 5.98. The fourth-order valence-electron chi connectivity index (χ4n) is 1.92. The molecule has 100 valence electrons. The fourth-order valence-corrected chi connectivity index (χ4v) is 1.92. The van der Waals surface area contributed by atoms with Gasteiger partial charge in [-0.1, -0.05) is 13.8 Å². The van der Waals surface area contributed by atoms with Crippen molar-refractivity contribution in [1.29, 1.82) is 0 Å². The van der Waals surface area contributed by atoms with Crippen molar-refractivity contribution in [2.75, 3.05) is 7.05 Å². The maximum atomic E-state index is 12.6. The highest BCUT2D eigenvalue weighted by atomic mass is 19.4. The molecule has 0 saturated carbocycles. The minimum atomic E-state index is -4.36. The lowest BCUT2D eigenvalue weighted by atomic mass is 10.0. The van der Waals surface area contributed by atoms with E-state index in [1.54, 1.807) is 7.05 Å². The SMILES string of the molecule is CC.Cc1cc2c(cc1C(F)(F)F)CN(C)C2=O. The summed E-state index contributed by atoms with van der Waals surface area (Å²) in [6, 6.07) is 2.40. The van der Waals surface area contributed by atoms with Crippen molar-refractivity contribution in [2.24, 2.45) is 0 Å². The van der Waals surface area contributed by atoms with E-state index in [-0.39, 0.29) is 18.0 Å². The van der Waals surface area contributed by atoms with Crippen LogP contribution in [0.1, 0.15) is 40.9 Å². The normalized spacial score (nSPS) is 14.2. The van der Waals surface area contributed by atoms with Crippen molar-refractivity contribution in [2.45, 2.75) is 33.5 Å². The smallest absolute Gasteiger partial charge is 0.337 e. The first-order valence-corrected chi connectivity index (χ1v) is 5.77. The average Bonchev–Trinajstić information content (AvgIpc) is 2.56. The van der Waals surface area contributed by atoms with E-state index in [4.69, 9.17) is 0 Å². The minimum Gasteiger partial charge on any atom is -0.337 e. The quantitative estimate of drug-likeness (QED) is 0.696. The van der Waals surface area contributed by atoms with Gasteiger partial charge >= 0.3 is 6.18 Å². The molecule has 0 bridgehead atoms. The summed E-state index contributed by atoms with van der Waals surface area (Å²) in [5.41, 5.74) is 0.266. The zero-order chi connectivity index (χ0) is 14.1. The predicted octanol–water partition coefficient (Wildman–Crippen LogP) is 3.63. The number of amides is 1. The molecule has 2 rings (SSSR count). The summed E-state index contributed by atoms with van der Waals surface area (Å²) in [5.74, 6) is -0.216. The molecule has 0 aromatic heterocycles. The van der Waals surface area contributed by atoms with E-state index in [1.165, 1.54) is 17.9 Å². The van der Waals surface area contributed by atoms with Crippen molar-refractivity contribution in [3.63, 3.8) is 0 Å². The van der Waals surface area contributed by atoms with Crippen molar-refractivity contribution < 1.29 is 18.0 Å². The number of halogens is 3. The second-order valence-corrected chi connectivity index (χ2v) is 3.98. The summed E-state index contributed by atoms with van der Waals surface area (Å²) in [6.07, 6.45) is -4.36. The van der Waals surface area contributed by atoms with Crippen LogP contribution in [0.2, 0.25) is 0 Å². The standard InChI is InChI=1S/C11H10F3NO.C2H6/c1-6-3-8-7(5-15(2)10(8)16)4-9(6)11(12,13)14;1-2/h3-4H,5H2,1-2H3;1-2H3. The average molecular weight is 259 g/mol. The second kappa shape index (κ2) is 5.00. The van der Waals surface area contributed by atoms with E-state index >= 15 is 0 Å². The molecule has 0 unspecified atom stereocenters. The fraction of sp³-hybridized carbons (Fsp3) is 0.462. The van der Waals surface area contributed by atoms with Gasteiger partial charge in [0.15, 0.2) is 0 Å². The van der Waals surface area contributed by atoms with E-state index in [0.717, 1.165) is 6.07 Å². The Morgan fingerprint density at radius 1 is 1.22 bits per heavy atom. The Balaban J connectivity index is 0.000000771. The first-order chi connectivity index (χ1) is 8.30. The zero-order valence-corrected chi connectivity index (χ0v) is 10.9. The first kappa shape index (κ1) is 14.5. The molecule has 0 N–H and O–H groups in total. The lowest BCUT2D eigenvalue weighted by molar-refractivity contribution is -0.138. The number of carbonyl (C=O) groups excluding carboxylic acids is 1. The summed E-state index contributed by atoms with van der Waals surface area (Å²) in [5, 5.41) is 0. The number of carbonyl (C=O) groups is 1. The van der Waals surface area contributed by atoms with E-state index in [9.17, 15) is 18.0 Å². The molecule has 1 amide bonds. The van der Waals surface area contributed by atoms with E-state index in [0.29, 0.717) is 11.1 Å². The number of aryl methyl sites for hydroxylation is 1. The van der Waals surface area contributed by atoms with Crippen LogP contribution in [0.15, 0.2) is 12.1 Å². The first-order valence-electron chi connectivity index (χ1n) is 5.77. The number of hydrogen-bond acceptors (Lipinski definition) is 1. The summed E-state index contributed by atoms with van der Waals surface area (Å²) in [4.78, 5) is 13.0. The Hall–Kier alpha value is -1.52. The summed E-state index contributed by atoms with van der Waals surface area (Å²) >= 11 is 0. The minimum absolute atomic E-state index is 0.0925. The molecular weight excluding hydrogens is 243 g/mol. The van der Waals surface area contributed by atoms with Crippen LogP contribution in [-0.2, 0) is 12.7 Å². The van der Waals surface area contributed by atoms with Gasteiger partial charge in [-0.25, -0.2) is 0 Å². The van der Waals surface area contributed by atoms with Gasteiger partial charge in [0.2, 0.25) is 0 Å². The monoisotopic (exact) mass is 259 g/mol. The van der Waals surface area contributed by atoms with Crippen LogP contribution < -0.4 is 0 Å². The number of benzene rings is 1. The second-order valence-electron chi connectivity index (χ2n) is 3.98. The molecule has 1 aromatic rings. The van der Waals surface area contributed by atoms with Crippen molar-refractivity contribution in [3.8, 4) is 0 Å². The van der Waals surface area contributed by atoms with Gasteiger partial charge in [0.1, 0.15) is 0 Å². The third kappa shape index (κ3) is 2.49. The Morgan fingerprint density at radius 2 is 1.78 bits per heavy atom. The van der Waals surface area contributed by atoms with Crippen molar-refractivity contribution in [1.82, 2.24) is 4.90 Å². The zero-order valence-electron chi connectivity index (χ0n) is 10.9. The van der Waals surface area contributed by atoms with Crippen LogP contribution >= 0.6 is 0 Å². The molecule has 18 heavy (non-hydrogen) atoms. The molecule has 0 fully saturated rings. The maximum Gasteiger partial charge on any atom is 0.416 e. The van der Waals surface area contributed by atoms with Crippen molar-refractivity contribution in [3.05, 3.63) is 34.4 Å². The highest BCUT2D eigenvalue weighted by Crippen LogP contribution is 2.35. The molecule has 0 saturated heterocycles. The van der Waals surface area contributed by atoms with Gasteiger partial charge in [0, 0.05) is 19.2 Å². The third-order valence-electron chi connectivity index (χ3n) is 2.74. The number of fused-ring (bicyclic) bond motifs is 1. The molecule has 0 atom stereocenters. The number of hydrogen-bond donors (Lipinski definition) is 0. The van der Waals surface area contributed by atoms with Crippen LogP contribution in [-0.4, -0.2) is 17.9 Å². The molecule has 0 aliphatic carbocycles. The summed E-state index contributed by atoms with van der Waals surface area (Å²) < 4.78 is 37.8. The largest absolute Gasteiger partial charge is 0.416 e. The van der Waals surface area contributed by atoms with E-state index < -0.39 is 11.7 Å². The molecule has 0 spiro atoms. The molecule has 1 aliphatic rings. The molecule has 1 aliphatic heterocycles. The van der Waals surface area contributed by atoms with Crippen molar-refractivity contribution >= 4 is 5.91 Å². The number of nitrogens with zero attached hydrogens (tertiary/aromatic N) is 1. The maximum absolute atomic E-state index is 12.6. The van der Waals surface area contributed by atoms with E-state index in [1.807, 2.05) is 13.8 Å². The van der Waals surface area contributed by atoms with Gasteiger partial charge < -0.3 is 4.90 Å². The molecule has 2 nitrogen and oxygen atoms in total. The molecule has 0 radical (unpaired) electrons. The Kier molecular flexibility index (Phi) is 4.04. The van der Waals surface area contributed by atoms with Crippen LogP contribution in [0, 0.1) is 6.92 Å². The molecule has 5 heteroatoms. The predicted molar refractivity (Wildman–Crippen MR) is 63.3 cm³/mol. The van der Waals surface area contributed by atoms with Gasteiger partial charge in [-0.05, 0) is 30.2 Å². The molecule has 1 heterocycles. The number of alkyl halides is 3. The third-order valence-corrected chi connectivity index (χ3v) is 2.74. The topological polar surface area (TPSA) is 20.3 Å². The molecular formula is C13H16F3NO. The van der Waals surface area contributed by atoms with Gasteiger partial charge in [-0.3, -0.25) is 4.79 Å². The Bertz CT molecular complexity index is 466. The van der Waals surface area contributed by atoms with Crippen LogP contribution in [0.4, 0.5) is 13.2 Å². The highest BCUT2D eigenvalue weighted by Gasteiger charge is 2.35. The van der Waals surface area contributed by atoms with Gasteiger partial charge in [-0.2, -0.15) is 13.2 Å². The number of rotatable bonds is 0. The lowest BCUT2D eigenvalue weighted by Crippen LogP contribution is -2.17. The van der Waals surface area contributed by atoms with Gasteiger partial charge in [0.05, 0.1) is 5.56 Å². The molecule has 1 aromatic carbocycles. The van der Waals surface area contributed by atoms with Gasteiger partial charge in [0.25, 0.3) is 5.91 Å². The lowest BCUT2D eigenvalue weighted by Gasteiger charge is -2.11. The van der Waals surface area contributed by atoms with Crippen LogP contribution in [0.25, 0.3) is 0 Å². The Labute approximate surface area is 104 Å². The summed E-state index contributed by atoms with van der Waals surface area (Å²) in [7, 11) is 1.57. The van der Waals surface area contributed by atoms with Crippen LogP contribution in [0.3, 0.4) is 0 Å². The Morgan fingerprint density at radius 3 is 2.28 bits per heavy atom. The van der Waals surface area contributed by atoms with Gasteiger partial charge in [-0.15, -0.1) is 0 Å². The summed E-state index contributed by atoms with van der Waals surface area (Å²) in [6.45, 7) is 5.62. The van der Waals surface area contributed by atoms with Crippen LogP contribution in [0.5, 0.6) is 0 Å². The van der Waals surface area contributed by atoms with E-state index in [2.05, 4.69) is 0 Å².